The lowest BCUT2D eigenvalue weighted by Gasteiger charge is -2.22. The molecular formula is C25H27N3O3. The van der Waals surface area contributed by atoms with Gasteiger partial charge < -0.3 is 20.7 Å². The smallest absolute Gasteiger partial charge is 0.251 e. The minimum atomic E-state index is -0.484. The highest BCUT2D eigenvalue weighted by Gasteiger charge is 2.15. The van der Waals surface area contributed by atoms with E-state index in [-0.39, 0.29) is 11.9 Å². The fourth-order valence-corrected chi connectivity index (χ4v) is 3.27. The number of nitrogens with two attached hydrogens (primary N) is 1. The van der Waals surface area contributed by atoms with Crippen LogP contribution in [0.1, 0.15) is 26.3 Å². The summed E-state index contributed by atoms with van der Waals surface area (Å²) in [6, 6.07) is 23.6. The van der Waals surface area contributed by atoms with Crippen LogP contribution in [0.2, 0.25) is 0 Å². The Kier molecular flexibility index (Phi) is 7.40. The number of primary amides is 1. The maximum absolute atomic E-state index is 12.8. The van der Waals surface area contributed by atoms with Gasteiger partial charge in [0.05, 0.1) is 0 Å². The summed E-state index contributed by atoms with van der Waals surface area (Å²) in [7, 11) is 3.98. The fraction of sp³-hybridized carbons (Fsp3) is 0.200. The van der Waals surface area contributed by atoms with Crippen molar-refractivity contribution < 1.29 is 14.3 Å². The number of benzene rings is 3. The average Bonchev–Trinajstić information content (AvgIpc) is 2.75. The molecule has 0 aliphatic rings. The van der Waals surface area contributed by atoms with Gasteiger partial charge in [-0.05, 0) is 74.6 Å². The van der Waals surface area contributed by atoms with E-state index in [1.54, 1.807) is 48.5 Å². The Morgan fingerprint density at radius 1 is 0.871 bits per heavy atom. The van der Waals surface area contributed by atoms with Crippen molar-refractivity contribution in [3.05, 3.63) is 95.6 Å². The molecule has 0 bridgehead atoms. The number of amides is 2. The summed E-state index contributed by atoms with van der Waals surface area (Å²) in [6.07, 6.45) is 0.757. The van der Waals surface area contributed by atoms with Gasteiger partial charge in [-0.25, -0.2) is 0 Å². The van der Waals surface area contributed by atoms with Crippen LogP contribution in [-0.4, -0.2) is 43.4 Å². The van der Waals surface area contributed by atoms with Crippen molar-refractivity contribution in [2.75, 3.05) is 20.6 Å². The minimum Gasteiger partial charge on any atom is -0.457 e. The molecule has 0 heterocycles. The van der Waals surface area contributed by atoms with Gasteiger partial charge in [0.25, 0.3) is 5.91 Å². The number of nitrogens with one attached hydrogen (secondary N) is 1. The molecule has 1 atom stereocenters. The molecule has 6 heteroatoms. The summed E-state index contributed by atoms with van der Waals surface area (Å²) in [5.74, 6) is 0.565. The summed E-state index contributed by atoms with van der Waals surface area (Å²) in [5.41, 5.74) is 7.41. The van der Waals surface area contributed by atoms with Crippen LogP contribution in [0.15, 0.2) is 78.9 Å². The Morgan fingerprint density at radius 3 is 1.94 bits per heavy atom. The van der Waals surface area contributed by atoms with Gasteiger partial charge in [-0.1, -0.05) is 30.3 Å². The Labute approximate surface area is 182 Å². The van der Waals surface area contributed by atoms with E-state index in [9.17, 15) is 9.59 Å². The zero-order valence-corrected chi connectivity index (χ0v) is 17.7. The number of hydrogen-bond acceptors (Lipinski definition) is 4. The van der Waals surface area contributed by atoms with Crippen molar-refractivity contribution >= 4 is 11.8 Å². The molecule has 3 aromatic carbocycles. The van der Waals surface area contributed by atoms with E-state index in [1.807, 2.05) is 32.3 Å². The molecule has 0 fully saturated rings. The minimum absolute atomic E-state index is 0.00963. The molecule has 0 radical (unpaired) electrons. The molecule has 0 saturated carbocycles. The lowest BCUT2D eigenvalue weighted by molar-refractivity contribution is 0.0929. The number of carbonyl (C=O) groups excluding carboxylic acids is 2. The van der Waals surface area contributed by atoms with Crippen LogP contribution in [0.5, 0.6) is 11.5 Å². The van der Waals surface area contributed by atoms with E-state index in [0.29, 0.717) is 22.6 Å². The third kappa shape index (κ3) is 6.69. The Hall–Kier alpha value is -3.64. The largest absolute Gasteiger partial charge is 0.457 e. The number of carbonyl (C=O) groups is 2. The lowest BCUT2D eigenvalue weighted by atomic mass is 10.0. The van der Waals surface area contributed by atoms with E-state index >= 15 is 0 Å². The van der Waals surface area contributed by atoms with Crippen molar-refractivity contribution in [3.8, 4) is 11.5 Å². The zero-order chi connectivity index (χ0) is 22.2. The van der Waals surface area contributed by atoms with E-state index in [0.717, 1.165) is 13.0 Å². The van der Waals surface area contributed by atoms with Crippen LogP contribution in [0.4, 0.5) is 0 Å². The summed E-state index contributed by atoms with van der Waals surface area (Å²) in [5, 5.41) is 3.13. The number of rotatable bonds is 9. The molecule has 0 saturated heterocycles. The maximum atomic E-state index is 12.8. The highest BCUT2D eigenvalue weighted by atomic mass is 16.5. The summed E-state index contributed by atoms with van der Waals surface area (Å²) in [6.45, 7) is 0.739. The first-order valence-corrected chi connectivity index (χ1v) is 10.1. The Bertz CT molecular complexity index is 1000. The highest BCUT2D eigenvalue weighted by molar-refractivity contribution is 5.94. The number of nitrogens with zero attached hydrogens (tertiary/aromatic N) is 1. The molecule has 0 aliphatic heterocycles. The second kappa shape index (κ2) is 10.4. The van der Waals surface area contributed by atoms with Crippen LogP contribution in [0.25, 0.3) is 0 Å². The van der Waals surface area contributed by atoms with Gasteiger partial charge in [-0.2, -0.15) is 0 Å². The normalized spacial score (nSPS) is 11.7. The van der Waals surface area contributed by atoms with Gasteiger partial charge in [0.1, 0.15) is 11.5 Å². The van der Waals surface area contributed by atoms with Gasteiger partial charge in [0.2, 0.25) is 5.91 Å². The van der Waals surface area contributed by atoms with Crippen LogP contribution in [-0.2, 0) is 6.42 Å². The molecule has 3 aromatic rings. The van der Waals surface area contributed by atoms with Crippen molar-refractivity contribution in [2.45, 2.75) is 12.5 Å². The molecule has 160 valence electrons. The van der Waals surface area contributed by atoms with Gasteiger partial charge in [-0.3, -0.25) is 9.59 Å². The standard InChI is InChI=1S/C25H27N3O3/c1-28(2)17-21(16-18-6-4-3-5-7-18)27-25(30)20-10-14-23(15-11-20)31-22-12-8-19(9-13-22)24(26)29/h3-15,21H,16-17H2,1-2H3,(H2,26,29)(H,27,30). The van der Waals surface area contributed by atoms with Crippen molar-refractivity contribution in [1.29, 1.82) is 0 Å². The molecule has 0 aliphatic carbocycles. The van der Waals surface area contributed by atoms with Gasteiger partial charge in [0.15, 0.2) is 0 Å². The first-order valence-electron chi connectivity index (χ1n) is 10.1. The van der Waals surface area contributed by atoms with Crippen LogP contribution in [0.3, 0.4) is 0 Å². The van der Waals surface area contributed by atoms with Crippen molar-refractivity contribution in [3.63, 3.8) is 0 Å². The van der Waals surface area contributed by atoms with E-state index in [2.05, 4.69) is 22.3 Å². The van der Waals surface area contributed by atoms with Crippen LogP contribution >= 0.6 is 0 Å². The average molecular weight is 418 g/mol. The maximum Gasteiger partial charge on any atom is 0.251 e. The molecule has 3 N–H and O–H groups in total. The Balaban J connectivity index is 1.63. The van der Waals surface area contributed by atoms with E-state index < -0.39 is 5.91 Å². The molecule has 0 aromatic heterocycles. The lowest BCUT2D eigenvalue weighted by Crippen LogP contribution is -2.43. The molecule has 2 amide bonds. The number of ether oxygens (including phenoxy) is 1. The highest BCUT2D eigenvalue weighted by Crippen LogP contribution is 2.22. The Morgan fingerprint density at radius 2 is 1.42 bits per heavy atom. The van der Waals surface area contributed by atoms with Crippen LogP contribution in [0, 0.1) is 0 Å². The number of likely N-dealkylation sites (N-methyl/N-ethyl adjacent to an activating group) is 1. The first kappa shape index (κ1) is 22.1. The van der Waals surface area contributed by atoms with E-state index in [4.69, 9.17) is 10.5 Å². The SMILES string of the molecule is CN(C)CC(Cc1ccccc1)NC(=O)c1ccc(Oc2ccc(C(N)=O)cc2)cc1. The monoisotopic (exact) mass is 417 g/mol. The zero-order valence-electron chi connectivity index (χ0n) is 17.7. The van der Waals surface area contributed by atoms with Crippen LogP contribution < -0.4 is 15.8 Å². The summed E-state index contributed by atoms with van der Waals surface area (Å²) >= 11 is 0. The number of hydrogen-bond donors (Lipinski definition) is 2. The van der Waals surface area contributed by atoms with Gasteiger partial charge in [-0.15, -0.1) is 0 Å². The van der Waals surface area contributed by atoms with Gasteiger partial charge >= 0.3 is 0 Å². The second-order valence-corrected chi connectivity index (χ2v) is 7.64. The quantitative estimate of drug-likeness (QED) is 0.558. The summed E-state index contributed by atoms with van der Waals surface area (Å²) in [4.78, 5) is 26.0. The molecule has 0 spiro atoms. The van der Waals surface area contributed by atoms with Crippen molar-refractivity contribution in [2.24, 2.45) is 5.73 Å². The first-order chi connectivity index (χ1) is 14.9. The molecule has 3 rings (SSSR count). The molecule has 1 unspecified atom stereocenters. The molecular weight excluding hydrogens is 390 g/mol. The predicted molar refractivity (Wildman–Crippen MR) is 121 cm³/mol. The second-order valence-electron chi connectivity index (χ2n) is 7.64. The third-order valence-corrected chi connectivity index (χ3v) is 4.74. The van der Waals surface area contributed by atoms with Gasteiger partial charge in [0, 0.05) is 23.7 Å². The fourth-order valence-electron chi connectivity index (χ4n) is 3.27. The topological polar surface area (TPSA) is 84.7 Å². The van der Waals surface area contributed by atoms with E-state index in [1.165, 1.54) is 5.56 Å². The summed E-state index contributed by atoms with van der Waals surface area (Å²) < 4.78 is 5.77. The molecule has 31 heavy (non-hydrogen) atoms. The third-order valence-electron chi connectivity index (χ3n) is 4.74. The molecule has 6 nitrogen and oxygen atoms in total. The predicted octanol–water partition coefficient (Wildman–Crippen LogP) is 3.48. The van der Waals surface area contributed by atoms with Crippen molar-refractivity contribution in [1.82, 2.24) is 10.2 Å².